The van der Waals surface area contributed by atoms with E-state index in [1.54, 1.807) is 13.3 Å². The quantitative estimate of drug-likeness (QED) is 0.779. The number of hydrogen-bond acceptors (Lipinski definition) is 6. The first-order valence-electron chi connectivity index (χ1n) is 8.58. The van der Waals surface area contributed by atoms with Gasteiger partial charge in [0.25, 0.3) is 5.91 Å². The van der Waals surface area contributed by atoms with Crippen molar-refractivity contribution in [3.05, 3.63) is 48.0 Å². The molecule has 1 atom stereocenters. The zero-order chi connectivity index (χ0) is 18.1. The van der Waals surface area contributed by atoms with Gasteiger partial charge in [-0.25, -0.2) is 9.97 Å². The van der Waals surface area contributed by atoms with E-state index >= 15 is 0 Å². The lowest BCUT2D eigenvalue weighted by atomic mass is 9.94. The lowest BCUT2D eigenvalue weighted by Crippen LogP contribution is -2.39. The minimum absolute atomic E-state index is 0.0382. The van der Waals surface area contributed by atoms with Crippen molar-refractivity contribution in [3.8, 4) is 5.75 Å². The number of carbonyl (C=O) groups is 1. The van der Waals surface area contributed by atoms with Gasteiger partial charge in [0.1, 0.15) is 17.6 Å². The Morgan fingerprint density at radius 1 is 1.38 bits per heavy atom. The molecule has 0 aliphatic carbocycles. The molecule has 1 saturated heterocycles. The first-order valence-corrected chi connectivity index (χ1v) is 8.58. The van der Waals surface area contributed by atoms with Crippen LogP contribution < -0.4 is 10.5 Å². The summed E-state index contributed by atoms with van der Waals surface area (Å²) in [6.07, 6.45) is 5.08. The van der Waals surface area contributed by atoms with Gasteiger partial charge < -0.3 is 19.8 Å². The summed E-state index contributed by atoms with van der Waals surface area (Å²) in [5, 5.41) is 0.766. The third kappa shape index (κ3) is 2.96. The fourth-order valence-electron chi connectivity index (χ4n) is 3.49. The summed E-state index contributed by atoms with van der Waals surface area (Å²) < 4.78 is 10.8. The van der Waals surface area contributed by atoms with E-state index in [-0.39, 0.29) is 17.8 Å². The van der Waals surface area contributed by atoms with Gasteiger partial charge in [-0.15, -0.1) is 0 Å². The highest BCUT2D eigenvalue weighted by Gasteiger charge is 2.28. The molecule has 1 fully saturated rings. The minimum Gasteiger partial charge on any atom is -0.497 e. The number of nitrogen functional groups attached to an aromatic ring is 1. The van der Waals surface area contributed by atoms with E-state index in [1.165, 1.54) is 6.26 Å². The molecule has 7 heteroatoms. The van der Waals surface area contributed by atoms with Gasteiger partial charge in [0.2, 0.25) is 5.95 Å². The van der Waals surface area contributed by atoms with Gasteiger partial charge in [0.15, 0.2) is 0 Å². The van der Waals surface area contributed by atoms with Crippen LogP contribution in [-0.4, -0.2) is 41.0 Å². The number of ether oxygens (including phenoxy) is 1. The van der Waals surface area contributed by atoms with Crippen molar-refractivity contribution in [1.82, 2.24) is 14.9 Å². The van der Waals surface area contributed by atoms with Crippen LogP contribution in [0.15, 0.2) is 41.1 Å². The predicted octanol–water partition coefficient (Wildman–Crippen LogP) is 2.83. The van der Waals surface area contributed by atoms with E-state index in [0.717, 1.165) is 23.9 Å². The van der Waals surface area contributed by atoms with Crippen molar-refractivity contribution in [2.24, 2.45) is 0 Å². The molecule has 1 aliphatic heterocycles. The molecule has 1 aliphatic rings. The number of furan rings is 1. The number of rotatable bonds is 3. The SMILES string of the molecule is COc1ccc2occ(C(=O)N3CCCC(c4ccnc(N)n4)C3)c2c1. The number of benzene rings is 1. The highest BCUT2D eigenvalue weighted by molar-refractivity contribution is 6.06. The molecular formula is C19H20N4O3. The number of nitrogens with two attached hydrogens (primary N) is 1. The maximum absolute atomic E-state index is 13.1. The lowest BCUT2D eigenvalue weighted by Gasteiger charge is -2.32. The Bertz CT molecular complexity index is 953. The summed E-state index contributed by atoms with van der Waals surface area (Å²) >= 11 is 0. The molecule has 1 amide bonds. The highest BCUT2D eigenvalue weighted by atomic mass is 16.5. The third-order valence-electron chi connectivity index (χ3n) is 4.83. The summed E-state index contributed by atoms with van der Waals surface area (Å²) in [5.74, 6) is 1.08. The van der Waals surface area contributed by atoms with Gasteiger partial charge in [0.05, 0.1) is 18.4 Å². The molecule has 134 valence electrons. The molecule has 4 rings (SSSR count). The van der Waals surface area contributed by atoms with Crippen molar-refractivity contribution in [2.75, 3.05) is 25.9 Å². The minimum atomic E-state index is -0.0382. The van der Waals surface area contributed by atoms with E-state index in [2.05, 4.69) is 9.97 Å². The molecule has 1 unspecified atom stereocenters. The van der Waals surface area contributed by atoms with Crippen LogP contribution in [-0.2, 0) is 0 Å². The first-order chi connectivity index (χ1) is 12.7. The molecule has 0 spiro atoms. The van der Waals surface area contributed by atoms with Crippen molar-refractivity contribution in [1.29, 1.82) is 0 Å². The second-order valence-corrected chi connectivity index (χ2v) is 6.44. The zero-order valence-electron chi connectivity index (χ0n) is 14.5. The van der Waals surface area contributed by atoms with Crippen LogP contribution in [0, 0.1) is 0 Å². The fraction of sp³-hybridized carbons (Fsp3) is 0.316. The number of anilines is 1. The van der Waals surface area contributed by atoms with Crippen LogP contribution in [0.3, 0.4) is 0 Å². The Balaban J connectivity index is 1.60. The lowest BCUT2D eigenvalue weighted by molar-refractivity contribution is 0.0707. The van der Waals surface area contributed by atoms with Crippen LogP contribution in [0.25, 0.3) is 11.0 Å². The summed E-state index contributed by atoms with van der Waals surface area (Å²) in [4.78, 5) is 23.2. The molecule has 0 saturated carbocycles. The summed E-state index contributed by atoms with van der Waals surface area (Å²) in [5.41, 5.74) is 7.81. The van der Waals surface area contributed by atoms with Gasteiger partial charge in [-0.2, -0.15) is 0 Å². The van der Waals surface area contributed by atoms with Gasteiger partial charge >= 0.3 is 0 Å². The van der Waals surface area contributed by atoms with Crippen molar-refractivity contribution in [3.63, 3.8) is 0 Å². The van der Waals surface area contributed by atoms with Crippen LogP contribution in [0.2, 0.25) is 0 Å². The number of nitrogens with zero attached hydrogens (tertiary/aromatic N) is 3. The maximum Gasteiger partial charge on any atom is 0.257 e. The van der Waals surface area contributed by atoms with Crippen molar-refractivity contribution >= 4 is 22.8 Å². The molecule has 2 aromatic heterocycles. The Morgan fingerprint density at radius 3 is 3.08 bits per heavy atom. The van der Waals surface area contributed by atoms with Crippen molar-refractivity contribution in [2.45, 2.75) is 18.8 Å². The summed E-state index contributed by atoms with van der Waals surface area (Å²) in [6.45, 7) is 1.32. The number of likely N-dealkylation sites (tertiary alicyclic amines) is 1. The summed E-state index contributed by atoms with van der Waals surface area (Å²) in [6, 6.07) is 7.33. The number of amides is 1. The van der Waals surface area contributed by atoms with Gasteiger partial charge in [-0.1, -0.05) is 0 Å². The number of hydrogen-bond donors (Lipinski definition) is 1. The first kappa shape index (κ1) is 16.4. The van der Waals surface area contributed by atoms with E-state index in [0.29, 0.717) is 30.0 Å². The van der Waals surface area contributed by atoms with E-state index in [1.807, 2.05) is 29.2 Å². The topological polar surface area (TPSA) is 94.5 Å². The number of fused-ring (bicyclic) bond motifs is 1. The average Bonchev–Trinajstić information content (AvgIpc) is 3.10. The molecule has 2 N–H and O–H groups in total. The Morgan fingerprint density at radius 2 is 2.27 bits per heavy atom. The largest absolute Gasteiger partial charge is 0.497 e. The van der Waals surface area contributed by atoms with Gasteiger partial charge in [0, 0.05) is 30.6 Å². The Kier molecular flexibility index (Phi) is 4.20. The average molecular weight is 352 g/mol. The smallest absolute Gasteiger partial charge is 0.257 e. The van der Waals surface area contributed by atoms with Crippen LogP contribution in [0.5, 0.6) is 5.75 Å². The van der Waals surface area contributed by atoms with Crippen molar-refractivity contribution < 1.29 is 13.9 Å². The van der Waals surface area contributed by atoms with Gasteiger partial charge in [-0.05, 0) is 37.1 Å². The number of methoxy groups -OCH3 is 1. The fourth-order valence-corrected chi connectivity index (χ4v) is 3.49. The second kappa shape index (κ2) is 6.67. The standard InChI is InChI=1S/C19H20N4O3/c1-25-13-4-5-17-14(9-13)15(11-26-17)18(24)23-8-2-3-12(10-23)16-6-7-21-19(20)22-16/h4-7,9,11-12H,2-3,8,10H2,1H3,(H2,20,21,22). The molecule has 0 radical (unpaired) electrons. The van der Waals surface area contributed by atoms with E-state index in [4.69, 9.17) is 14.9 Å². The molecule has 0 bridgehead atoms. The second-order valence-electron chi connectivity index (χ2n) is 6.44. The highest BCUT2D eigenvalue weighted by Crippen LogP contribution is 2.30. The monoisotopic (exact) mass is 352 g/mol. The Hall–Kier alpha value is -3.09. The van der Waals surface area contributed by atoms with Crippen LogP contribution in [0.4, 0.5) is 5.95 Å². The number of piperidine rings is 1. The number of aromatic nitrogens is 2. The maximum atomic E-state index is 13.1. The van der Waals surface area contributed by atoms with E-state index in [9.17, 15) is 4.79 Å². The molecular weight excluding hydrogens is 332 g/mol. The molecule has 3 aromatic rings. The van der Waals surface area contributed by atoms with E-state index < -0.39 is 0 Å². The molecule has 26 heavy (non-hydrogen) atoms. The number of carbonyl (C=O) groups excluding carboxylic acids is 1. The normalized spacial score (nSPS) is 17.4. The van der Waals surface area contributed by atoms with Crippen LogP contribution >= 0.6 is 0 Å². The third-order valence-corrected chi connectivity index (χ3v) is 4.83. The predicted molar refractivity (Wildman–Crippen MR) is 97.1 cm³/mol. The Labute approximate surface area is 150 Å². The zero-order valence-corrected chi connectivity index (χ0v) is 14.5. The van der Waals surface area contributed by atoms with Crippen LogP contribution in [0.1, 0.15) is 34.8 Å². The molecule has 7 nitrogen and oxygen atoms in total. The molecule has 1 aromatic carbocycles. The molecule has 3 heterocycles. The van der Waals surface area contributed by atoms with Gasteiger partial charge in [-0.3, -0.25) is 4.79 Å². The summed E-state index contributed by atoms with van der Waals surface area (Å²) in [7, 11) is 1.60.